The number of hydrogen-bond donors (Lipinski definition) is 2. The predicted molar refractivity (Wildman–Crippen MR) is 141 cm³/mol. The van der Waals surface area contributed by atoms with Crippen LogP contribution >= 0.6 is 0 Å². The van der Waals surface area contributed by atoms with Crippen molar-refractivity contribution in [1.29, 1.82) is 0 Å². The fourth-order valence-corrected chi connectivity index (χ4v) is 7.27. The molecule has 182 valence electrons. The number of rotatable bonds is 4. The smallest absolute Gasteiger partial charge is 0.121 e. The molecule has 1 atom stereocenters. The summed E-state index contributed by atoms with van der Waals surface area (Å²) in [4.78, 5) is 0. The molecular formula is C31H46O2. The second-order valence-electron chi connectivity index (χ2n) is 12.4. The van der Waals surface area contributed by atoms with Gasteiger partial charge in [-0.2, -0.15) is 0 Å². The number of aromatic hydroxyl groups is 2. The second kappa shape index (κ2) is 8.67. The standard InChI is InChI=1S/C31H46O2/c1-17-12-30(10,11)16-31(13-17,14-26-18(2)22(6)28(32)23(7)19(26)3)15-27-20(4)24(8)29(33)25(9)21(27)5/h17,32-33H,12-16H2,1-11H3. The van der Waals surface area contributed by atoms with Crippen LogP contribution in [0.4, 0.5) is 0 Å². The predicted octanol–water partition coefficient (Wildman–Crippen LogP) is 8.18. The van der Waals surface area contributed by atoms with Crippen molar-refractivity contribution in [2.75, 3.05) is 0 Å². The number of benzene rings is 2. The molecule has 0 bridgehead atoms. The highest BCUT2D eigenvalue weighted by Gasteiger charge is 2.44. The normalized spacial score (nSPS) is 19.7. The SMILES string of the molecule is Cc1c(C)c(CC2(Cc3c(C)c(C)c(O)c(C)c3C)CC(C)CC(C)(C)C2)c(C)c(C)c1O. The van der Waals surface area contributed by atoms with Gasteiger partial charge in [0.2, 0.25) is 0 Å². The van der Waals surface area contributed by atoms with Crippen LogP contribution in [0.5, 0.6) is 11.5 Å². The van der Waals surface area contributed by atoms with E-state index >= 15 is 0 Å². The molecule has 0 aliphatic heterocycles. The van der Waals surface area contributed by atoms with Gasteiger partial charge >= 0.3 is 0 Å². The van der Waals surface area contributed by atoms with Gasteiger partial charge in [0.05, 0.1) is 0 Å². The third kappa shape index (κ3) is 4.55. The lowest BCUT2D eigenvalue weighted by Crippen LogP contribution is -2.40. The van der Waals surface area contributed by atoms with Gasteiger partial charge in [0.25, 0.3) is 0 Å². The van der Waals surface area contributed by atoms with Gasteiger partial charge < -0.3 is 10.2 Å². The van der Waals surface area contributed by atoms with Crippen LogP contribution in [0.1, 0.15) is 95.7 Å². The van der Waals surface area contributed by atoms with Crippen LogP contribution in [0.15, 0.2) is 0 Å². The first-order valence-corrected chi connectivity index (χ1v) is 12.7. The van der Waals surface area contributed by atoms with E-state index in [4.69, 9.17) is 0 Å². The monoisotopic (exact) mass is 450 g/mol. The number of phenolic OH excluding ortho intramolecular Hbond substituents is 2. The Kier molecular flexibility index (Phi) is 6.75. The topological polar surface area (TPSA) is 40.5 Å². The van der Waals surface area contributed by atoms with Crippen molar-refractivity contribution in [3.8, 4) is 11.5 Å². The molecule has 1 aliphatic rings. The van der Waals surface area contributed by atoms with E-state index in [9.17, 15) is 10.2 Å². The zero-order valence-corrected chi connectivity index (χ0v) is 23.0. The van der Waals surface area contributed by atoms with Crippen LogP contribution in [0.25, 0.3) is 0 Å². The van der Waals surface area contributed by atoms with Crippen LogP contribution < -0.4 is 0 Å². The Labute approximate surface area is 202 Å². The molecule has 2 aromatic carbocycles. The molecule has 0 spiro atoms. The summed E-state index contributed by atoms with van der Waals surface area (Å²) < 4.78 is 0. The van der Waals surface area contributed by atoms with Crippen LogP contribution in [-0.4, -0.2) is 10.2 Å². The van der Waals surface area contributed by atoms with Gasteiger partial charge in [-0.3, -0.25) is 0 Å². The maximum absolute atomic E-state index is 10.7. The lowest BCUT2D eigenvalue weighted by Gasteiger charge is -2.49. The highest BCUT2D eigenvalue weighted by molar-refractivity contribution is 5.55. The third-order valence-electron chi connectivity index (χ3n) is 9.12. The van der Waals surface area contributed by atoms with E-state index in [0.29, 0.717) is 22.8 Å². The first-order valence-electron chi connectivity index (χ1n) is 12.7. The van der Waals surface area contributed by atoms with Crippen LogP contribution in [0.2, 0.25) is 0 Å². The first-order chi connectivity index (χ1) is 15.1. The zero-order valence-electron chi connectivity index (χ0n) is 23.0. The van der Waals surface area contributed by atoms with Crippen LogP contribution in [-0.2, 0) is 12.8 Å². The summed E-state index contributed by atoms with van der Waals surface area (Å²) in [6, 6.07) is 0. The van der Waals surface area contributed by atoms with E-state index in [0.717, 1.165) is 35.1 Å². The summed E-state index contributed by atoms with van der Waals surface area (Å²) in [7, 11) is 0. The lowest BCUT2D eigenvalue weighted by molar-refractivity contribution is 0.0462. The van der Waals surface area contributed by atoms with Gasteiger partial charge in [0.1, 0.15) is 11.5 Å². The van der Waals surface area contributed by atoms with Gasteiger partial charge in [-0.15, -0.1) is 0 Å². The van der Waals surface area contributed by atoms with E-state index in [2.05, 4.69) is 76.2 Å². The van der Waals surface area contributed by atoms with Gasteiger partial charge in [-0.1, -0.05) is 20.8 Å². The molecule has 1 unspecified atom stereocenters. The van der Waals surface area contributed by atoms with E-state index in [1.807, 2.05) is 0 Å². The molecular weight excluding hydrogens is 404 g/mol. The summed E-state index contributed by atoms with van der Waals surface area (Å²) in [5, 5.41) is 21.3. The molecule has 2 nitrogen and oxygen atoms in total. The Morgan fingerprint density at radius 2 is 0.939 bits per heavy atom. The zero-order chi connectivity index (χ0) is 25.0. The molecule has 0 aromatic heterocycles. The summed E-state index contributed by atoms with van der Waals surface area (Å²) in [5.74, 6) is 1.59. The van der Waals surface area contributed by atoms with E-state index < -0.39 is 0 Å². The van der Waals surface area contributed by atoms with Gasteiger partial charge in [0.15, 0.2) is 0 Å². The minimum absolute atomic E-state index is 0.151. The molecule has 1 aliphatic carbocycles. The van der Waals surface area contributed by atoms with Crippen molar-refractivity contribution in [1.82, 2.24) is 0 Å². The Hall–Kier alpha value is -1.96. The van der Waals surface area contributed by atoms with Crippen LogP contribution in [0.3, 0.4) is 0 Å². The maximum Gasteiger partial charge on any atom is 0.121 e. The lowest BCUT2D eigenvalue weighted by atomic mass is 9.56. The molecule has 0 saturated heterocycles. The molecule has 0 radical (unpaired) electrons. The molecule has 2 heteroatoms. The minimum atomic E-state index is 0.151. The maximum atomic E-state index is 10.7. The highest BCUT2D eigenvalue weighted by Crippen LogP contribution is 2.53. The first kappa shape index (κ1) is 25.7. The van der Waals surface area contributed by atoms with Crippen molar-refractivity contribution in [2.45, 2.75) is 108 Å². The van der Waals surface area contributed by atoms with Crippen LogP contribution in [0, 0.1) is 72.1 Å². The fourth-order valence-electron chi connectivity index (χ4n) is 7.27. The average Bonchev–Trinajstić information content (AvgIpc) is 2.73. The Balaban J connectivity index is 2.22. The summed E-state index contributed by atoms with van der Waals surface area (Å²) in [6.45, 7) is 24.3. The summed E-state index contributed by atoms with van der Waals surface area (Å²) in [6.07, 6.45) is 5.76. The van der Waals surface area contributed by atoms with Gasteiger partial charge in [0, 0.05) is 0 Å². The average molecular weight is 451 g/mol. The molecule has 33 heavy (non-hydrogen) atoms. The van der Waals surface area contributed by atoms with Gasteiger partial charge in [-0.05, 0) is 160 Å². The van der Waals surface area contributed by atoms with Crippen molar-refractivity contribution < 1.29 is 10.2 Å². The van der Waals surface area contributed by atoms with E-state index in [1.165, 1.54) is 52.6 Å². The van der Waals surface area contributed by atoms with E-state index in [1.54, 1.807) is 0 Å². The third-order valence-corrected chi connectivity index (χ3v) is 9.12. The molecule has 1 fully saturated rings. The molecule has 1 saturated carbocycles. The molecule has 2 aromatic rings. The largest absolute Gasteiger partial charge is 0.507 e. The van der Waals surface area contributed by atoms with Crippen molar-refractivity contribution >= 4 is 0 Å². The molecule has 2 N–H and O–H groups in total. The second-order valence-corrected chi connectivity index (χ2v) is 12.4. The Bertz CT molecular complexity index is 958. The quantitative estimate of drug-likeness (QED) is 0.493. The molecule has 0 heterocycles. The molecule has 3 rings (SSSR count). The summed E-state index contributed by atoms with van der Waals surface area (Å²) in [5.41, 5.74) is 12.4. The summed E-state index contributed by atoms with van der Waals surface area (Å²) >= 11 is 0. The highest BCUT2D eigenvalue weighted by atomic mass is 16.3. The Morgan fingerprint density at radius 1 is 0.606 bits per heavy atom. The Morgan fingerprint density at radius 3 is 1.24 bits per heavy atom. The number of phenols is 2. The van der Waals surface area contributed by atoms with Crippen molar-refractivity contribution in [3.05, 3.63) is 55.6 Å². The molecule has 0 amide bonds. The van der Waals surface area contributed by atoms with Gasteiger partial charge in [-0.25, -0.2) is 0 Å². The van der Waals surface area contributed by atoms with Crippen molar-refractivity contribution in [3.63, 3.8) is 0 Å². The van der Waals surface area contributed by atoms with Crippen molar-refractivity contribution in [2.24, 2.45) is 16.7 Å². The fraction of sp³-hybridized carbons (Fsp3) is 0.613. The number of hydrogen-bond acceptors (Lipinski definition) is 2. The minimum Gasteiger partial charge on any atom is -0.507 e. The van der Waals surface area contributed by atoms with E-state index in [-0.39, 0.29) is 5.41 Å².